The molecule has 0 spiro atoms. The van der Waals surface area contributed by atoms with Gasteiger partial charge in [0.2, 0.25) is 0 Å². The molecule has 2 aliphatic carbocycles. The van der Waals surface area contributed by atoms with E-state index in [-0.39, 0.29) is 0 Å². The normalized spacial score (nSPS) is 37.2. The Morgan fingerprint density at radius 1 is 1.23 bits per heavy atom. The summed E-state index contributed by atoms with van der Waals surface area (Å²) in [4.78, 5) is 0. The Morgan fingerprint density at radius 3 is 2.77 bits per heavy atom. The highest BCUT2D eigenvalue weighted by Crippen LogP contribution is 2.52. The molecule has 0 aromatic carbocycles. The first-order valence-electron chi connectivity index (χ1n) is 5.59. The van der Waals surface area contributed by atoms with Gasteiger partial charge in [0.15, 0.2) is 0 Å². The Balaban J connectivity index is 1.68. The Kier molecular flexibility index (Phi) is 2.89. The molecule has 0 aromatic heterocycles. The second kappa shape index (κ2) is 3.97. The summed E-state index contributed by atoms with van der Waals surface area (Å²) in [5.41, 5.74) is 0.303. The van der Waals surface area contributed by atoms with Crippen molar-refractivity contribution in [3.05, 3.63) is 0 Å². The van der Waals surface area contributed by atoms with Crippen molar-refractivity contribution in [2.24, 2.45) is 5.92 Å². The van der Waals surface area contributed by atoms with Crippen molar-refractivity contribution in [3.63, 3.8) is 0 Å². The lowest BCUT2D eigenvalue weighted by atomic mass is 9.72. The second-order valence-electron chi connectivity index (χ2n) is 4.24. The highest BCUT2D eigenvalue weighted by Gasteiger charge is 2.50. The molecule has 0 N–H and O–H groups in total. The molecule has 2 fully saturated rings. The minimum absolute atomic E-state index is 0.303. The van der Waals surface area contributed by atoms with Crippen LogP contribution in [0, 0.1) is 5.92 Å². The summed E-state index contributed by atoms with van der Waals surface area (Å²) in [6.07, 6.45) is 6.76. The maximum absolute atomic E-state index is 5.97. The van der Waals surface area contributed by atoms with Gasteiger partial charge in [-0.05, 0) is 38.5 Å². The van der Waals surface area contributed by atoms with Crippen LogP contribution in [0.1, 0.15) is 39.0 Å². The largest absolute Gasteiger partial charge is 0.379 e. The zero-order valence-electron chi connectivity index (χ0n) is 8.55. The lowest BCUT2D eigenvalue weighted by Gasteiger charge is -2.44. The zero-order chi connectivity index (χ0) is 9.15. The molecule has 2 unspecified atom stereocenters. The fourth-order valence-electron chi connectivity index (χ4n) is 2.77. The van der Waals surface area contributed by atoms with Crippen molar-refractivity contribution in [1.29, 1.82) is 0 Å². The molecule has 2 saturated carbocycles. The van der Waals surface area contributed by atoms with Gasteiger partial charge in [-0.2, -0.15) is 0 Å². The summed E-state index contributed by atoms with van der Waals surface area (Å²) in [5.74, 6) is 0.883. The van der Waals surface area contributed by atoms with Crippen LogP contribution in [0.5, 0.6) is 0 Å². The van der Waals surface area contributed by atoms with E-state index in [2.05, 4.69) is 0 Å². The van der Waals surface area contributed by atoms with Gasteiger partial charge in [-0.3, -0.25) is 0 Å². The average molecular weight is 184 g/mol. The molecule has 2 atom stereocenters. The van der Waals surface area contributed by atoms with E-state index < -0.39 is 0 Å². The fourth-order valence-corrected chi connectivity index (χ4v) is 2.77. The summed E-state index contributed by atoms with van der Waals surface area (Å²) in [7, 11) is 0. The third-order valence-electron chi connectivity index (χ3n) is 3.63. The third-order valence-corrected chi connectivity index (χ3v) is 3.63. The van der Waals surface area contributed by atoms with Gasteiger partial charge >= 0.3 is 0 Å². The number of fused-ring (bicyclic) bond motifs is 1. The van der Waals surface area contributed by atoms with Crippen LogP contribution in [0.25, 0.3) is 0 Å². The van der Waals surface area contributed by atoms with Crippen molar-refractivity contribution in [2.45, 2.75) is 44.6 Å². The number of rotatable bonds is 5. The highest BCUT2D eigenvalue weighted by atomic mass is 16.5. The van der Waals surface area contributed by atoms with Gasteiger partial charge in [-0.1, -0.05) is 6.42 Å². The highest BCUT2D eigenvalue weighted by molar-refractivity contribution is 5.02. The topological polar surface area (TPSA) is 18.5 Å². The summed E-state index contributed by atoms with van der Waals surface area (Å²) in [5, 5.41) is 0. The minimum Gasteiger partial charge on any atom is -0.379 e. The third kappa shape index (κ3) is 1.75. The molecule has 0 aromatic rings. The predicted octanol–water partition coefficient (Wildman–Crippen LogP) is 2.37. The second-order valence-corrected chi connectivity index (χ2v) is 4.24. The van der Waals surface area contributed by atoms with Crippen molar-refractivity contribution >= 4 is 0 Å². The van der Waals surface area contributed by atoms with Gasteiger partial charge in [0.05, 0.1) is 18.8 Å². The molecular weight excluding hydrogens is 164 g/mol. The molecule has 0 saturated heterocycles. The molecule has 13 heavy (non-hydrogen) atoms. The van der Waals surface area contributed by atoms with E-state index in [4.69, 9.17) is 9.47 Å². The van der Waals surface area contributed by atoms with E-state index in [0.717, 1.165) is 25.7 Å². The number of hydrogen-bond acceptors (Lipinski definition) is 2. The maximum atomic E-state index is 5.97. The Bertz CT molecular complexity index is 169. The van der Waals surface area contributed by atoms with Crippen LogP contribution < -0.4 is 0 Å². The summed E-state index contributed by atoms with van der Waals surface area (Å²) in [6, 6.07) is 0. The van der Waals surface area contributed by atoms with Gasteiger partial charge in [0, 0.05) is 6.61 Å². The summed E-state index contributed by atoms with van der Waals surface area (Å²) in [6.45, 7) is 4.40. The van der Waals surface area contributed by atoms with E-state index in [9.17, 15) is 0 Å². The molecule has 0 amide bonds. The molecule has 76 valence electrons. The lowest BCUT2D eigenvalue weighted by molar-refractivity contribution is -0.139. The van der Waals surface area contributed by atoms with Crippen LogP contribution in [0.2, 0.25) is 0 Å². The van der Waals surface area contributed by atoms with Crippen molar-refractivity contribution in [3.8, 4) is 0 Å². The van der Waals surface area contributed by atoms with Crippen molar-refractivity contribution in [1.82, 2.24) is 0 Å². The minimum atomic E-state index is 0.303. The van der Waals surface area contributed by atoms with Crippen LogP contribution in [-0.2, 0) is 9.47 Å². The molecule has 0 radical (unpaired) electrons. The van der Waals surface area contributed by atoms with Gasteiger partial charge in [-0.15, -0.1) is 0 Å². The van der Waals surface area contributed by atoms with Gasteiger partial charge in [-0.25, -0.2) is 0 Å². The Hall–Kier alpha value is -0.0800. The molecule has 0 bridgehead atoms. The van der Waals surface area contributed by atoms with Gasteiger partial charge in [0.25, 0.3) is 0 Å². The smallest absolute Gasteiger partial charge is 0.0711 e. The van der Waals surface area contributed by atoms with E-state index in [0.29, 0.717) is 5.60 Å². The summed E-state index contributed by atoms with van der Waals surface area (Å²) < 4.78 is 11.2. The van der Waals surface area contributed by atoms with Crippen LogP contribution >= 0.6 is 0 Å². The summed E-state index contributed by atoms with van der Waals surface area (Å²) >= 11 is 0. The Labute approximate surface area is 80.6 Å². The van der Waals surface area contributed by atoms with Crippen molar-refractivity contribution in [2.75, 3.05) is 19.8 Å². The molecule has 2 heteroatoms. The molecule has 0 heterocycles. The van der Waals surface area contributed by atoms with E-state index in [1.807, 2.05) is 6.92 Å². The van der Waals surface area contributed by atoms with Gasteiger partial charge in [0.1, 0.15) is 0 Å². The monoisotopic (exact) mass is 184 g/mol. The molecule has 2 nitrogen and oxygen atoms in total. The fraction of sp³-hybridized carbons (Fsp3) is 1.00. The first-order chi connectivity index (χ1) is 6.37. The molecule has 2 aliphatic rings. The lowest BCUT2D eigenvalue weighted by Crippen LogP contribution is -2.45. The quantitative estimate of drug-likeness (QED) is 0.611. The molecule has 0 aliphatic heterocycles. The maximum Gasteiger partial charge on any atom is 0.0711 e. The molecular formula is C11H20O2. The van der Waals surface area contributed by atoms with E-state index in [1.54, 1.807) is 0 Å². The average Bonchev–Trinajstić information content (AvgIpc) is 2.39. The van der Waals surface area contributed by atoms with Crippen LogP contribution in [0.3, 0.4) is 0 Å². The van der Waals surface area contributed by atoms with Gasteiger partial charge < -0.3 is 9.47 Å². The standard InChI is InChI=1S/C11H20O2/c1-2-12-8-9-13-11-6-3-4-10(11)5-7-11/h10H,2-9H2,1H3. The van der Waals surface area contributed by atoms with E-state index >= 15 is 0 Å². The van der Waals surface area contributed by atoms with Crippen LogP contribution in [0.15, 0.2) is 0 Å². The van der Waals surface area contributed by atoms with Crippen LogP contribution in [0.4, 0.5) is 0 Å². The number of hydrogen-bond donors (Lipinski definition) is 0. The van der Waals surface area contributed by atoms with Crippen molar-refractivity contribution < 1.29 is 9.47 Å². The van der Waals surface area contributed by atoms with E-state index in [1.165, 1.54) is 32.1 Å². The SMILES string of the molecule is CCOCCOC12CCCC1CC2. The number of ether oxygens (including phenoxy) is 2. The Morgan fingerprint density at radius 2 is 2.15 bits per heavy atom. The molecule has 2 rings (SSSR count). The van der Waals surface area contributed by atoms with Crippen LogP contribution in [-0.4, -0.2) is 25.4 Å². The first kappa shape index (κ1) is 9.47. The zero-order valence-corrected chi connectivity index (χ0v) is 8.55. The first-order valence-corrected chi connectivity index (χ1v) is 5.59. The predicted molar refractivity (Wildman–Crippen MR) is 51.8 cm³/mol.